The number of carbonyl (C=O) groups excluding carboxylic acids is 1. The number of para-hydroxylation sites is 1. The molecule has 1 N–H and O–H groups in total. The average molecular weight is 401 g/mol. The summed E-state index contributed by atoms with van der Waals surface area (Å²) in [7, 11) is 0. The summed E-state index contributed by atoms with van der Waals surface area (Å²) in [5, 5.41) is 9.00. The van der Waals surface area contributed by atoms with Crippen molar-refractivity contribution in [3.05, 3.63) is 62.8 Å². The van der Waals surface area contributed by atoms with Gasteiger partial charge in [-0.05, 0) is 44.2 Å². The predicted octanol–water partition coefficient (Wildman–Crippen LogP) is 4.22. The van der Waals surface area contributed by atoms with E-state index in [2.05, 4.69) is 10.4 Å². The second-order valence-corrected chi connectivity index (χ2v) is 8.24. The first kappa shape index (κ1) is 18.2. The third-order valence-electron chi connectivity index (χ3n) is 4.69. The van der Waals surface area contributed by atoms with Crippen LogP contribution in [0.5, 0.6) is 0 Å². The molecule has 1 aliphatic rings. The Balaban J connectivity index is 1.28. The Hall–Kier alpha value is -2.18. The molecular weight excluding hydrogens is 380 g/mol. The van der Waals surface area contributed by atoms with Gasteiger partial charge >= 0.3 is 0 Å². The highest BCUT2D eigenvalue weighted by molar-refractivity contribution is 7.11. The van der Waals surface area contributed by atoms with E-state index in [-0.39, 0.29) is 5.91 Å². The van der Waals surface area contributed by atoms with Crippen LogP contribution < -0.4 is 5.32 Å². The third-order valence-corrected chi connectivity index (χ3v) is 6.22. The quantitative estimate of drug-likeness (QED) is 0.630. The first-order chi connectivity index (χ1) is 13.2. The van der Waals surface area contributed by atoms with Crippen LogP contribution in [0.1, 0.15) is 45.2 Å². The first-order valence-electron chi connectivity index (χ1n) is 9.26. The molecule has 27 heavy (non-hydrogen) atoms. The Kier molecular flexibility index (Phi) is 5.55. The fourth-order valence-corrected chi connectivity index (χ4v) is 4.69. The number of hydrogen-bond acceptors (Lipinski definition) is 4. The molecule has 0 fully saturated rings. The normalized spacial score (nSPS) is 13.4. The molecule has 0 saturated heterocycles. The first-order valence-corrected chi connectivity index (χ1v) is 10.5. The fraction of sp³-hybridized carbons (Fsp3) is 0.350. The van der Waals surface area contributed by atoms with E-state index in [1.54, 1.807) is 23.1 Å². The summed E-state index contributed by atoms with van der Waals surface area (Å²) in [6.07, 6.45) is 9.91. The maximum absolute atomic E-state index is 12.3. The molecule has 7 heteroatoms. The lowest BCUT2D eigenvalue weighted by molar-refractivity contribution is 0.0953. The maximum Gasteiger partial charge on any atom is 0.254 e. The molecule has 0 radical (unpaired) electrons. The SMILES string of the molecule is O=C(NCCCc1nc2c(s1)CCCC2)c1cnn(-c2ccccc2Cl)c1. The number of nitrogens with zero attached hydrogens (tertiary/aromatic N) is 3. The van der Waals surface area contributed by atoms with E-state index in [1.165, 1.54) is 34.8 Å². The maximum atomic E-state index is 12.3. The summed E-state index contributed by atoms with van der Waals surface area (Å²) in [5.74, 6) is -0.119. The zero-order valence-electron chi connectivity index (χ0n) is 14.9. The van der Waals surface area contributed by atoms with Crippen LogP contribution in [0.3, 0.4) is 0 Å². The monoisotopic (exact) mass is 400 g/mol. The van der Waals surface area contributed by atoms with Crippen LogP contribution in [0.15, 0.2) is 36.7 Å². The molecule has 0 bridgehead atoms. The number of halogens is 1. The summed E-state index contributed by atoms with van der Waals surface area (Å²) in [6.45, 7) is 0.625. The van der Waals surface area contributed by atoms with Crippen LogP contribution >= 0.6 is 22.9 Å². The van der Waals surface area contributed by atoms with Gasteiger partial charge in [-0.3, -0.25) is 4.79 Å². The van der Waals surface area contributed by atoms with Gasteiger partial charge in [0.25, 0.3) is 5.91 Å². The van der Waals surface area contributed by atoms with E-state index < -0.39 is 0 Å². The smallest absolute Gasteiger partial charge is 0.254 e. The van der Waals surface area contributed by atoms with Gasteiger partial charge in [-0.15, -0.1) is 11.3 Å². The lowest BCUT2D eigenvalue weighted by atomic mass is 10.0. The van der Waals surface area contributed by atoms with Crippen molar-refractivity contribution < 1.29 is 4.79 Å². The van der Waals surface area contributed by atoms with Crippen molar-refractivity contribution in [2.75, 3.05) is 6.54 Å². The molecule has 5 nitrogen and oxygen atoms in total. The minimum absolute atomic E-state index is 0.119. The number of rotatable bonds is 6. The van der Waals surface area contributed by atoms with Crippen LogP contribution in [0.2, 0.25) is 5.02 Å². The van der Waals surface area contributed by atoms with Gasteiger partial charge in [-0.25, -0.2) is 9.67 Å². The van der Waals surface area contributed by atoms with Crippen molar-refractivity contribution in [1.29, 1.82) is 0 Å². The summed E-state index contributed by atoms with van der Waals surface area (Å²) in [6, 6.07) is 7.42. The highest BCUT2D eigenvalue weighted by Gasteiger charge is 2.15. The molecule has 1 aliphatic carbocycles. The van der Waals surface area contributed by atoms with Gasteiger partial charge in [0.2, 0.25) is 0 Å². The number of carbonyl (C=O) groups is 1. The van der Waals surface area contributed by atoms with Gasteiger partial charge < -0.3 is 5.32 Å². The van der Waals surface area contributed by atoms with E-state index in [0.717, 1.165) is 24.9 Å². The molecule has 1 amide bonds. The number of amides is 1. The molecule has 140 valence electrons. The highest BCUT2D eigenvalue weighted by atomic mass is 35.5. The van der Waals surface area contributed by atoms with E-state index >= 15 is 0 Å². The molecule has 1 aromatic carbocycles. The molecule has 0 spiro atoms. The standard InChI is InChI=1S/C20H21ClN4OS/c21-15-6-1-3-8-17(15)25-13-14(12-23-25)20(26)22-11-5-10-19-24-16-7-2-4-9-18(16)27-19/h1,3,6,8,12-13H,2,4-5,7,9-11H2,(H,22,26). The fourth-order valence-electron chi connectivity index (χ4n) is 3.27. The van der Waals surface area contributed by atoms with Crippen molar-refractivity contribution in [1.82, 2.24) is 20.1 Å². The number of nitrogens with one attached hydrogen (secondary N) is 1. The largest absolute Gasteiger partial charge is 0.352 e. The predicted molar refractivity (Wildman–Crippen MR) is 108 cm³/mol. The number of hydrogen-bond donors (Lipinski definition) is 1. The Morgan fingerprint density at radius 2 is 2.11 bits per heavy atom. The number of thiazole rings is 1. The summed E-state index contributed by atoms with van der Waals surface area (Å²) < 4.78 is 1.62. The van der Waals surface area contributed by atoms with Crippen LogP contribution in [-0.4, -0.2) is 27.2 Å². The molecule has 0 saturated carbocycles. The molecule has 2 aromatic heterocycles. The van der Waals surface area contributed by atoms with Crippen molar-refractivity contribution in [3.63, 3.8) is 0 Å². The van der Waals surface area contributed by atoms with E-state index in [9.17, 15) is 4.79 Å². The molecule has 0 unspecified atom stereocenters. The summed E-state index contributed by atoms with van der Waals surface area (Å²) in [5.41, 5.74) is 2.59. The zero-order chi connectivity index (χ0) is 18.6. The number of fused-ring (bicyclic) bond motifs is 1. The molecular formula is C20H21ClN4OS. The lowest BCUT2D eigenvalue weighted by Crippen LogP contribution is -2.24. The van der Waals surface area contributed by atoms with Crippen LogP contribution in [0.25, 0.3) is 5.69 Å². The second kappa shape index (κ2) is 8.23. The topological polar surface area (TPSA) is 59.8 Å². The third kappa shape index (κ3) is 4.22. The van der Waals surface area contributed by atoms with Crippen LogP contribution in [0, 0.1) is 0 Å². The lowest BCUT2D eigenvalue weighted by Gasteiger charge is -2.06. The Labute approximate surface area is 167 Å². The molecule has 3 aromatic rings. The second-order valence-electron chi connectivity index (χ2n) is 6.67. The zero-order valence-corrected chi connectivity index (χ0v) is 16.5. The van der Waals surface area contributed by atoms with Crippen LogP contribution in [-0.2, 0) is 19.3 Å². The van der Waals surface area contributed by atoms with E-state index in [1.807, 2.05) is 29.5 Å². The Morgan fingerprint density at radius 1 is 1.26 bits per heavy atom. The molecule has 4 rings (SSSR count). The van der Waals surface area contributed by atoms with Gasteiger partial charge in [-0.1, -0.05) is 23.7 Å². The van der Waals surface area contributed by atoms with E-state index in [4.69, 9.17) is 16.6 Å². The number of benzene rings is 1. The highest BCUT2D eigenvalue weighted by Crippen LogP contribution is 2.27. The van der Waals surface area contributed by atoms with Gasteiger partial charge in [0, 0.05) is 24.0 Å². The van der Waals surface area contributed by atoms with Crippen molar-refractivity contribution in [2.45, 2.75) is 38.5 Å². The summed E-state index contributed by atoms with van der Waals surface area (Å²) in [4.78, 5) is 18.6. The van der Waals surface area contributed by atoms with Gasteiger partial charge in [0.15, 0.2) is 0 Å². The summed E-state index contributed by atoms with van der Waals surface area (Å²) >= 11 is 8.02. The van der Waals surface area contributed by atoms with Crippen molar-refractivity contribution in [3.8, 4) is 5.69 Å². The molecule has 0 atom stereocenters. The van der Waals surface area contributed by atoms with Gasteiger partial charge in [0.05, 0.1) is 33.2 Å². The number of aromatic nitrogens is 3. The van der Waals surface area contributed by atoms with Gasteiger partial charge in [-0.2, -0.15) is 5.10 Å². The van der Waals surface area contributed by atoms with E-state index in [0.29, 0.717) is 17.1 Å². The van der Waals surface area contributed by atoms with Crippen molar-refractivity contribution in [2.24, 2.45) is 0 Å². The van der Waals surface area contributed by atoms with Gasteiger partial charge in [0.1, 0.15) is 0 Å². The molecule has 2 heterocycles. The van der Waals surface area contributed by atoms with Crippen LogP contribution in [0.4, 0.5) is 0 Å². The average Bonchev–Trinajstić information content (AvgIpc) is 3.32. The molecule has 0 aliphatic heterocycles. The number of aryl methyl sites for hydroxylation is 3. The Bertz CT molecular complexity index is 926. The van der Waals surface area contributed by atoms with Crippen molar-refractivity contribution >= 4 is 28.8 Å². The minimum atomic E-state index is -0.119. The Morgan fingerprint density at radius 3 is 2.96 bits per heavy atom. The minimum Gasteiger partial charge on any atom is -0.352 e.